The molecule has 238 valence electrons. The van der Waals surface area contributed by atoms with Crippen LogP contribution in [0.3, 0.4) is 0 Å². The van der Waals surface area contributed by atoms with E-state index in [1.807, 2.05) is 42.6 Å². The highest BCUT2D eigenvalue weighted by atomic mass is 15.0. The van der Waals surface area contributed by atoms with Gasteiger partial charge in [-0.1, -0.05) is 121 Å². The molecule has 0 N–H and O–H groups in total. The largest absolute Gasteiger partial charge is 0.307 e. The molecule has 0 bridgehead atoms. The van der Waals surface area contributed by atoms with Gasteiger partial charge in [-0.05, 0) is 71.8 Å². The molecular weight excluding hydrogens is 621 g/mol. The monoisotopic (exact) mass is 650 g/mol. The van der Waals surface area contributed by atoms with Crippen molar-refractivity contribution in [1.82, 2.24) is 14.1 Å². The van der Waals surface area contributed by atoms with Crippen molar-refractivity contribution in [2.75, 3.05) is 0 Å². The summed E-state index contributed by atoms with van der Waals surface area (Å²) in [7, 11) is 0. The summed E-state index contributed by atoms with van der Waals surface area (Å²) < 4.78 is 4.63. The van der Waals surface area contributed by atoms with E-state index < -0.39 is 0 Å². The predicted octanol–water partition coefficient (Wildman–Crippen LogP) is 11.5. The highest BCUT2D eigenvalue weighted by Gasteiger charge is 2.21. The summed E-state index contributed by atoms with van der Waals surface area (Å²) >= 11 is 0. The molecule has 0 fully saturated rings. The third kappa shape index (κ3) is 4.78. The fraction of sp³-hybridized carbons (Fsp3) is 0. The maximum Gasteiger partial charge on any atom is 0.145 e. The Labute approximate surface area is 294 Å². The van der Waals surface area contributed by atoms with E-state index in [-0.39, 0.29) is 0 Å². The Balaban J connectivity index is 1.17. The molecule has 0 saturated heterocycles. The quantitative estimate of drug-likeness (QED) is 0.171. The van der Waals surface area contributed by atoms with Gasteiger partial charge in [0.1, 0.15) is 11.3 Å². The molecule has 0 radical (unpaired) electrons. The molecule has 4 heteroatoms. The van der Waals surface area contributed by atoms with E-state index in [1.54, 1.807) is 0 Å². The van der Waals surface area contributed by atoms with Crippen LogP contribution in [0.25, 0.3) is 72.0 Å². The van der Waals surface area contributed by atoms with E-state index in [4.69, 9.17) is 9.98 Å². The number of rotatable bonds is 5. The lowest BCUT2D eigenvalue weighted by molar-refractivity contribution is 1.14. The van der Waals surface area contributed by atoms with Crippen LogP contribution in [0.15, 0.2) is 193 Å². The second kappa shape index (κ2) is 11.9. The van der Waals surface area contributed by atoms with Crippen molar-refractivity contribution in [1.29, 1.82) is 0 Å². The second-order valence-electron chi connectivity index (χ2n) is 12.8. The fourth-order valence-corrected chi connectivity index (χ4v) is 7.49. The van der Waals surface area contributed by atoms with Gasteiger partial charge in [-0.3, -0.25) is 4.57 Å². The summed E-state index contributed by atoms with van der Waals surface area (Å²) in [4.78, 5) is 10.1. The molecule has 3 aromatic heterocycles. The lowest BCUT2D eigenvalue weighted by Gasteiger charge is -2.16. The second-order valence-corrected chi connectivity index (χ2v) is 12.8. The predicted molar refractivity (Wildman–Crippen MR) is 212 cm³/mol. The van der Waals surface area contributed by atoms with Crippen LogP contribution in [-0.2, 0) is 0 Å². The van der Waals surface area contributed by atoms with Crippen molar-refractivity contribution >= 4 is 60.8 Å². The van der Waals surface area contributed by atoms with Gasteiger partial charge in [0, 0.05) is 44.6 Å². The van der Waals surface area contributed by atoms with E-state index in [1.165, 1.54) is 16.2 Å². The van der Waals surface area contributed by atoms with E-state index in [0.29, 0.717) is 0 Å². The van der Waals surface area contributed by atoms with Gasteiger partial charge >= 0.3 is 0 Å². The fourth-order valence-electron chi connectivity index (χ4n) is 7.49. The Hall–Kier alpha value is -7.00. The van der Waals surface area contributed by atoms with Crippen molar-refractivity contribution in [3.05, 3.63) is 199 Å². The van der Waals surface area contributed by atoms with Crippen LogP contribution in [0.5, 0.6) is 0 Å². The van der Waals surface area contributed by atoms with Gasteiger partial charge < -0.3 is 4.57 Å². The minimum absolute atomic E-state index is 0.808. The summed E-state index contributed by atoms with van der Waals surface area (Å²) in [6, 6.07) is 57.7. The Morgan fingerprint density at radius 3 is 1.92 bits per heavy atom. The number of aliphatic imine (C=N–C) groups is 1. The number of benzene rings is 6. The van der Waals surface area contributed by atoms with Crippen LogP contribution in [0, 0.1) is 0 Å². The molecule has 0 aliphatic carbocycles. The highest BCUT2D eigenvalue weighted by Crippen LogP contribution is 2.38. The van der Waals surface area contributed by atoms with Gasteiger partial charge in [0.05, 0.1) is 28.0 Å². The average Bonchev–Trinajstić information content (AvgIpc) is 3.61. The molecule has 9 aromatic rings. The van der Waals surface area contributed by atoms with Gasteiger partial charge in [0.15, 0.2) is 0 Å². The molecule has 0 unspecified atom stereocenters. The lowest BCUT2D eigenvalue weighted by Crippen LogP contribution is -2.11. The zero-order valence-electron chi connectivity index (χ0n) is 27.6. The smallest absolute Gasteiger partial charge is 0.145 e. The number of nitrogens with zero attached hydrogens (tertiary/aromatic N) is 4. The number of hydrogen-bond donors (Lipinski definition) is 0. The highest BCUT2D eigenvalue weighted by molar-refractivity contribution is 6.32. The van der Waals surface area contributed by atoms with E-state index >= 15 is 0 Å². The average molecular weight is 651 g/mol. The van der Waals surface area contributed by atoms with Gasteiger partial charge in [0.25, 0.3) is 0 Å². The first-order valence-corrected chi connectivity index (χ1v) is 17.2. The zero-order valence-corrected chi connectivity index (χ0v) is 27.6. The number of fused-ring (bicyclic) bond motifs is 6. The summed E-state index contributed by atoms with van der Waals surface area (Å²) in [6.07, 6.45) is 6.02. The van der Waals surface area contributed by atoms with Crippen molar-refractivity contribution in [3.8, 4) is 16.8 Å². The minimum atomic E-state index is 0.808. The number of hydrogen-bond acceptors (Lipinski definition) is 2. The maximum absolute atomic E-state index is 5.31. The minimum Gasteiger partial charge on any atom is -0.307 e. The van der Waals surface area contributed by atoms with Crippen LogP contribution in [0.1, 0.15) is 11.1 Å². The van der Waals surface area contributed by atoms with Crippen molar-refractivity contribution in [3.63, 3.8) is 0 Å². The third-order valence-corrected chi connectivity index (χ3v) is 9.81. The standard InChI is InChI=1S/C47H30N4/c1-4-14-32(15-5-1)41-22-12-24-44(46(49-41)33-16-6-2-7-17-33)51-42-23-11-10-20-37(42)40-30-34(26-28-43(40)51)35-25-27-38-39-21-13-29-48-47(39)50(45(38)31-35)36-18-8-3-9-19-36/h1-21,23-31H. The maximum atomic E-state index is 5.31. The zero-order chi connectivity index (χ0) is 33.7. The summed E-state index contributed by atoms with van der Waals surface area (Å²) in [6.45, 7) is 0. The number of aromatic nitrogens is 3. The Morgan fingerprint density at radius 1 is 0.451 bits per heavy atom. The molecule has 6 aromatic carbocycles. The lowest BCUT2D eigenvalue weighted by atomic mass is 10.0. The first kappa shape index (κ1) is 29.0. The first-order valence-electron chi connectivity index (χ1n) is 17.2. The van der Waals surface area contributed by atoms with Crippen molar-refractivity contribution in [2.24, 2.45) is 4.99 Å². The van der Waals surface area contributed by atoms with Gasteiger partial charge in [-0.2, -0.15) is 0 Å². The van der Waals surface area contributed by atoms with Gasteiger partial charge in [-0.25, -0.2) is 9.98 Å². The Bertz CT molecular complexity index is 2920. The first-order chi connectivity index (χ1) is 25.3. The van der Waals surface area contributed by atoms with E-state index in [9.17, 15) is 0 Å². The SMILES string of the molecule is C1=CC=C(n2c3ccccc3c3cc(-c4ccc5c6cccnc6n(-c6ccccc6)c5c4)ccc32)C(c2ccccc2)=NC=1c1ccccc1. The normalized spacial score (nSPS) is 13.1. The van der Waals surface area contributed by atoms with Gasteiger partial charge in [-0.15, -0.1) is 0 Å². The van der Waals surface area contributed by atoms with Crippen LogP contribution < -0.4 is 0 Å². The Morgan fingerprint density at radius 2 is 1.10 bits per heavy atom. The van der Waals surface area contributed by atoms with Crippen LogP contribution in [-0.4, -0.2) is 19.8 Å². The molecule has 0 atom stereocenters. The van der Waals surface area contributed by atoms with Crippen molar-refractivity contribution in [2.45, 2.75) is 0 Å². The molecule has 0 saturated carbocycles. The van der Waals surface area contributed by atoms with Gasteiger partial charge in [0.2, 0.25) is 0 Å². The van der Waals surface area contributed by atoms with E-state index in [2.05, 4.69) is 154 Å². The van der Waals surface area contributed by atoms with Crippen LogP contribution in [0.4, 0.5) is 0 Å². The summed E-state index contributed by atoms with van der Waals surface area (Å²) in [5.41, 5.74) is 16.0. The molecule has 0 amide bonds. The molecule has 10 rings (SSSR count). The molecule has 4 nitrogen and oxygen atoms in total. The molecular formula is C47H30N4. The number of allylic oxidation sites excluding steroid dienone is 3. The molecule has 51 heavy (non-hydrogen) atoms. The molecule has 1 aliphatic rings. The summed E-state index contributed by atoms with van der Waals surface area (Å²) in [5.74, 6) is 0. The van der Waals surface area contributed by atoms with Crippen molar-refractivity contribution < 1.29 is 0 Å². The molecule has 0 spiro atoms. The molecule has 1 aliphatic heterocycles. The van der Waals surface area contributed by atoms with E-state index in [0.717, 1.165) is 72.6 Å². The third-order valence-electron chi connectivity index (χ3n) is 9.81. The number of para-hydroxylation sites is 2. The molecule has 4 heterocycles. The van der Waals surface area contributed by atoms with Crippen LogP contribution in [0.2, 0.25) is 0 Å². The number of pyridine rings is 1. The summed E-state index contributed by atoms with van der Waals surface area (Å²) in [5, 5.41) is 4.71. The topological polar surface area (TPSA) is 35.1 Å². The Kier molecular flexibility index (Phi) is 6.73. The van der Waals surface area contributed by atoms with Crippen LogP contribution >= 0.6 is 0 Å².